The van der Waals surface area contributed by atoms with Crippen LogP contribution in [0.4, 0.5) is 0 Å². The summed E-state index contributed by atoms with van der Waals surface area (Å²) in [5.74, 6) is 0.588. The molecule has 0 aliphatic carbocycles. The number of aliphatic imine (C=N–C) groups is 1. The Balaban J connectivity index is 0.00000392. The highest BCUT2D eigenvalue weighted by molar-refractivity contribution is 14.0. The number of sulfonamides is 1. The van der Waals surface area contributed by atoms with Crippen LogP contribution in [0.5, 0.6) is 0 Å². The fourth-order valence-corrected chi connectivity index (χ4v) is 4.64. The minimum Gasteiger partial charge on any atom is -0.373 e. The van der Waals surface area contributed by atoms with Crippen molar-refractivity contribution in [3.8, 4) is 0 Å². The van der Waals surface area contributed by atoms with Gasteiger partial charge in [-0.3, -0.25) is 0 Å². The standard InChI is InChI=1S/C18H29ClN4O3S.HI/c1-4-20-18(22-11-16-6-5-7-17(19)10-16)21-8-9-27(24,25)23-12-14(2)26-15(3)13-23;/h5-7,10,14-15H,4,8-9,11-13H2,1-3H3,(H2,20,21,22);1H. The first-order valence-electron chi connectivity index (χ1n) is 9.20. The van der Waals surface area contributed by atoms with Gasteiger partial charge in [0, 0.05) is 31.2 Å². The zero-order chi connectivity index (χ0) is 19.9. The highest BCUT2D eigenvalue weighted by Crippen LogP contribution is 2.14. The molecule has 0 amide bonds. The van der Waals surface area contributed by atoms with Gasteiger partial charge < -0.3 is 15.4 Å². The van der Waals surface area contributed by atoms with Crippen molar-refractivity contribution >= 4 is 51.6 Å². The number of nitrogens with one attached hydrogen (secondary N) is 2. The van der Waals surface area contributed by atoms with Crippen LogP contribution in [0, 0.1) is 0 Å². The molecule has 2 N–H and O–H groups in total. The van der Waals surface area contributed by atoms with Crippen LogP contribution in [0.25, 0.3) is 0 Å². The Hall–Kier alpha value is -0.620. The molecule has 10 heteroatoms. The Morgan fingerprint density at radius 2 is 1.96 bits per heavy atom. The van der Waals surface area contributed by atoms with Gasteiger partial charge in [-0.2, -0.15) is 4.31 Å². The molecule has 160 valence electrons. The van der Waals surface area contributed by atoms with Crippen molar-refractivity contribution in [2.24, 2.45) is 4.99 Å². The predicted molar refractivity (Wildman–Crippen MR) is 125 cm³/mol. The second kappa shape index (κ2) is 12.2. The van der Waals surface area contributed by atoms with Crippen LogP contribution in [0.3, 0.4) is 0 Å². The quantitative estimate of drug-likeness (QED) is 0.313. The summed E-state index contributed by atoms with van der Waals surface area (Å²) in [4.78, 5) is 4.49. The van der Waals surface area contributed by atoms with Gasteiger partial charge in [-0.05, 0) is 38.5 Å². The third kappa shape index (κ3) is 8.40. The molecule has 1 saturated heterocycles. The largest absolute Gasteiger partial charge is 0.373 e. The van der Waals surface area contributed by atoms with Crippen LogP contribution < -0.4 is 10.6 Å². The fraction of sp³-hybridized carbons (Fsp3) is 0.611. The van der Waals surface area contributed by atoms with E-state index in [2.05, 4.69) is 15.6 Å². The first kappa shape index (κ1) is 25.4. The van der Waals surface area contributed by atoms with Crippen LogP contribution in [-0.4, -0.2) is 62.8 Å². The summed E-state index contributed by atoms with van der Waals surface area (Å²) < 4.78 is 32.3. The van der Waals surface area contributed by atoms with Gasteiger partial charge in [0.2, 0.25) is 10.0 Å². The topological polar surface area (TPSA) is 83.0 Å². The van der Waals surface area contributed by atoms with Crippen molar-refractivity contribution in [1.82, 2.24) is 14.9 Å². The first-order chi connectivity index (χ1) is 12.8. The smallest absolute Gasteiger partial charge is 0.216 e. The van der Waals surface area contributed by atoms with E-state index in [0.717, 1.165) is 5.56 Å². The van der Waals surface area contributed by atoms with Crippen LogP contribution in [-0.2, 0) is 21.3 Å². The summed E-state index contributed by atoms with van der Waals surface area (Å²) in [6, 6.07) is 7.50. The van der Waals surface area contributed by atoms with Gasteiger partial charge in [-0.1, -0.05) is 23.7 Å². The molecule has 0 saturated carbocycles. The van der Waals surface area contributed by atoms with Crippen molar-refractivity contribution < 1.29 is 13.2 Å². The minimum atomic E-state index is -3.34. The van der Waals surface area contributed by atoms with Crippen LogP contribution in [0.2, 0.25) is 5.02 Å². The van der Waals surface area contributed by atoms with Gasteiger partial charge in [0.25, 0.3) is 0 Å². The van der Waals surface area contributed by atoms with E-state index >= 15 is 0 Å². The number of morpholine rings is 1. The number of ether oxygens (including phenoxy) is 1. The molecular weight excluding hydrogens is 515 g/mol. The molecule has 0 spiro atoms. The Morgan fingerprint density at radius 3 is 2.57 bits per heavy atom. The lowest BCUT2D eigenvalue weighted by Crippen LogP contribution is -2.50. The molecule has 1 aromatic carbocycles. The average molecular weight is 545 g/mol. The predicted octanol–water partition coefficient (Wildman–Crippen LogP) is 2.45. The molecule has 0 aromatic heterocycles. The molecule has 28 heavy (non-hydrogen) atoms. The summed E-state index contributed by atoms with van der Waals surface area (Å²) in [6.07, 6.45) is -0.180. The molecule has 2 atom stereocenters. The van der Waals surface area contributed by atoms with E-state index in [1.165, 1.54) is 4.31 Å². The van der Waals surface area contributed by atoms with Gasteiger partial charge in [-0.15, -0.1) is 24.0 Å². The molecule has 0 bridgehead atoms. The molecular formula is C18H30ClIN4O3S. The van der Waals surface area contributed by atoms with Gasteiger partial charge >= 0.3 is 0 Å². The zero-order valence-corrected chi connectivity index (χ0v) is 20.4. The van der Waals surface area contributed by atoms with E-state index < -0.39 is 10.0 Å². The Labute approximate surface area is 190 Å². The Bertz CT molecular complexity index is 738. The monoisotopic (exact) mass is 544 g/mol. The van der Waals surface area contributed by atoms with Gasteiger partial charge in [0.1, 0.15) is 0 Å². The van der Waals surface area contributed by atoms with E-state index in [4.69, 9.17) is 16.3 Å². The number of nitrogens with zero attached hydrogens (tertiary/aromatic N) is 2. The van der Waals surface area contributed by atoms with Gasteiger partial charge in [-0.25, -0.2) is 13.4 Å². The number of hydrogen-bond acceptors (Lipinski definition) is 4. The van der Waals surface area contributed by atoms with E-state index in [1.807, 2.05) is 45.0 Å². The molecule has 1 aromatic rings. The average Bonchev–Trinajstić information content (AvgIpc) is 2.59. The van der Waals surface area contributed by atoms with Crippen molar-refractivity contribution in [3.63, 3.8) is 0 Å². The third-order valence-electron chi connectivity index (χ3n) is 4.08. The summed E-state index contributed by atoms with van der Waals surface area (Å²) >= 11 is 5.99. The van der Waals surface area contributed by atoms with Gasteiger partial charge in [0.15, 0.2) is 5.96 Å². The molecule has 0 radical (unpaired) electrons. The molecule has 2 unspecified atom stereocenters. The SMILES string of the molecule is CCNC(=NCc1cccc(Cl)c1)NCCS(=O)(=O)N1CC(C)OC(C)C1.I. The van der Waals surface area contributed by atoms with Crippen molar-refractivity contribution in [2.75, 3.05) is 31.9 Å². The highest BCUT2D eigenvalue weighted by atomic mass is 127. The van der Waals surface area contributed by atoms with Crippen LogP contribution in [0.1, 0.15) is 26.3 Å². The minimum absolute atomic E-state index is 0. The summed E-state index contributed by atoms with van der Waals surface area (Å²) in [7, 11) is -3.34. The maximum Gasteiger partial charge on any atom is 0.216 e. The van der Waals surface area contributed by atoms with E-state index in [0.29, 0.717) is 37.2 Å². The lowest BCUT2D eigenvalue weighted by molar-refractivity contribution is -0.0440. The highest BCUT2D eigenvalue weighted by Gasteiger charge is 2.30. The number of halogens is 2. The molecule has 1 heterocycles. The lowest BCUT2D eigenvalue weighted by atomic mass is 10.2. The molecule has 1 aliphatic heterocycles. The summed E-state index contributed by atoms with van der Waals surface area (Å²) in [5.41, 5.74) is 0.989. The second-order valence-electron chi connectivity index (χ2n) is 6.64. The molecule has 1 fully saturated rings. The first-order valence-corrected chi connectivity index (χ1v) is 11.2. The maximum absolute atomic E-state index is 12.6. The number of rotatable bonds is 7. The Kier molecular flexibility index (Phi) is 11.0. The zero-order valence-electron chi connectivity index (χ0n) is 16.5. The number of benzene rings is 1. The molecule has 7 nitrogen and oxygen atoms in total. The van der Waals surface area contributed by atoms with Crippen molar-refractivity contribution in [3.05, 3.63) is 34.9 Å². The van der Waals surface area contributed by atoms with Crippen LogP contribution >= 0.6 is 35.6 Å². The normalized spacial score (nSPS) is 21.1. The molecule has 1 aliphatic rings. The summed E-state index contributed by atoms with van der Waals surface area (Å²) in [5, 5.41) is 6.88. The fourth-order valence-electron chi connectivity index (χ4n) is 2.93. The number of hydrogen-bond donors (Lipinski definition) is 2. The third-order valence-corrected chi connectivity index (χ3v) is 6.13. The van der Waals surface area contributed by atoms with E-state index in [-0.39, 0.29) is 48.5 Å². The number of guanidine groups is 1. The van der Waals surface area contributed by atoms with Crippen LogP contribution in [0.15, 0.2) is 29.3 Å². The van der Waals surface area contributed by atoms with Crippen molar-refractivity contribution in [1.29, 1.82) is 0 Å². The summed E-state index contributed by atoms with van der Waals surface area (Å²) in [6.45, 7) is 7.97. The van der Waals surface area contributed by atoms with E-state index in [9.17, 15) is 8.42 Å². The Morgan fingerprint density at radius 1 is 1.29 bits per heavy atom. The maximum atomic E-state index is 12.6. The second-order valence-corrected chi connectivity index (χ2v) is 9.17. The lowest BCUT2D eigenvalue weighted by Gasteiger charge is -2.34. The van der Waals surface area contributed by atoms with Gasteiger partial charge in [0.05, 0.1) is 24.5 Å². The van der Waals surface area contributed by atoms with Crippen molar-refractivity contribution in [2.45, 2.75) is 39.5 Å². The van der Waals surface area contributed by atoms with E-state index in [1.54, 1.807) is 0 Å². The molecule has 2 rings (SSSR count).